The van der Waals surface area contributed by atoms with Crippen molar-refractivity contribution in [1.29, 1.82) is 0 Å². The molecule has 7 N–H and O–H groups in total. The fourth-order valence-corrected chi connectivity index (χ4v) is 4.03. The second-order valence-corrected chi connectivity index (χ2v) is 7.99. The number of ketones is 4. The number of carbonyl (C=O) groups excluding carboxylic acids is 5. The molecule has 2 aliphatic rings. The zero-order chi connectivity index (χ0) is 25.6. The summed E-state index contributed by atoms with van der Waals surface area (Å²) in [5, 5.41) is 59.7. The first-order valence-corrected chi connectivity index (χ1v) is 9.73. The topological polar surface area (TPSA) is 220 Å². The Morgan fingerprint density at radius 3 is 1.94 bits per heavy atom. The molecule has 0 bridgehead atoms. The van der Waals surface area contributed by atoms with Gasteiger partial charge in [0.15, 0.2) is 28.7 Å². The number of ether oxygens (including phenoxy) is 1. The highest BCUT2D eigenvalue weighted by Crippen LogP contribution is 2.50. The van der Waals surface area contributed by atoms with Gasteiger partial charge in [-0.15, -0.1) is 0 Å². The molecule has 1 amide bonds. The lowest BCUT2D eigenvalue weighted by Crippen LogP contribution is -2.92. The maximum atomic E-state index is 12.7. The summed E-state index contributed by atoms with van der Waals surface area (Å²) in [4.78, 5) is 62.3. The first-order chi connectivity index (χ1) is 15.0. The summed E-state index contributed by atoms with van der Waals surface area (Å²) in [6.07, 6.45) is -0.871. The van der Waals surface area contributed by atoms with Gasteiger partial charge in [-0.05, 0) is 40.3 Å². The lowest BCUT2D eigenvalue weighted by atomic mass is 9.58. The van der Waals surface area contributed by atoms with E-state index in [-0.39, 0.29) is 12.0 Å². The van der Waals surface area contributed by atoms with E-state index in [1.807, 2.05) is 0 Å². The third kappa shape index (κ3) is 3.53. The summed E-state index contributed by atoms with van der Waals surface area (Å²) in [7, 11) is 0. The van der Waals surface area contributed by atoms with Gasteiger partial charge in [0.1, 0.15) is 12.2 Å². The minimum atomic E-state index is -3.89. The third-order valence-corrected chi connectivity index (χ3v) is 5.92. The second kappa shape index (κ2) is 8.52. The van der Waals surface area contributed by atoms with Crippen molar-refractivity contribution >= 4 is 29.0 Å². The van der Waals surface area contributed by atoms with Crippen LogP contribution in [0.5, 0.6) is 0 Å². The Labute approximate surface area is 187 Å². The Morgan fingerprint density at radius 2 is 1.55 bits per heavy atom. The van der Waals surface area contributed by atoms with E-state index in [9.17, 15) is 49.5 Å². The molecule has 1 saturated heterocycles. The van der Waals surface area contributed by atoms with Gasteiger partial charge in [-0.25, -0.2) is 0 Å². The molecule has 0 aromatic rings. The fourth-order valence-electron chi connectivity index (χ4n) is 4.03. The van der Waals surface area contributed by atoms with Crippen molar-refractivity contribution in [2.75, 3.05) is 0 Å². The van der Waals surface area contributed by atoms with Crippen molar-refractivity contribution in [3.8, 4) is 0 Å². The van der Waals surface area contributed by atoms with Gasteiger partial charge in [0, 0.05) is 11.8 Å². The largest absolute Gasteiger partial charge is 0.382 e. The highest BCUT2D eigenvalue weighted by atomic mass is 16.7. The smallest absolute Gasteiger partial charge is 0.291 e. The maximum absolute atomic E-state index is 12.7. The molecule has 2 rings (SSSR count). The molecule has 0 saturated carbocycles. The zero-order valence-corrected chi connectivity index (χ0v) is 18.3. The standard InChI is InChI=1S/C20H26N2O11/c1-9(23)14(27)15-17(29,10(2)24)18(30,11(3)25)19(31,12(4)26)20(32,33-15)22-16(28)13-6-5-7-21-8-13/h5,7-8,14-15,21,27,29-32H,6H2,1-4H3,(H,22,28)/t14?,15-,17-,18+,19-,20-/m1/s1. The molecule has 1 fully saturated rings. The van der Waals surface area contributed by atoms with E-state index in [2.05, 4.69) is 5.32 Å². The molecule has 2 heterocycles. The number of allylic oxidation sites excluding steroid dienone is 1. The molecular formula is C20H26N2O11. The van der Waals surface area contributed by atoms with Gasteiger partial charge in [0.2, 0.25) is 11.2 Å². The number of amides is 1. The van der Waals surface area contributed by atoms with Gasteiger partial charge in [0.25, 0.3) is 11.8 Å². The van der Waals surface area contributed by atoms with E-state index in [4.69, 9.17) is 4.74 Å². The lowest BCUT2D eigenvalue weighted by Gasteiger charge is -2.60. The fraction of sp³-hybridized carbons (Fsp3) is 0.550. The van der Waals surface area contributed by atoms with E-state index >= 15 is 0 Å². The number of carbonyl (C=O) groups is 5. The molecule has 6 atom stereocenters. The van der Waals surface area contributed by atoms with Crippen LogP contribution in [0.3, 0.4) is 0 Å². The Balaban J connectivity index is 2.84. The number of nitrogens with one attached hydrogen (secondary N) is 2. The van der Waals surface area contributed by atoms with Crippen LogP contribution in [0.25, 0.3) is 0 Å². The van der Waals surface area contributed by atoms with Crippen molar-refractivity contribution < 1.29 is 54.2 Å². The molecular weight excluding hydrogens is 444 g/mol. The minimum absolute atomic E-state index is 0.0152. The van der Waals surface area contributed by atoms with E-state index < -0.39 is 64.0 Å². The molecule has 0 radical (unpaired) electrons. The maximum Gasteiger partial charge on any atom is 0.291 e. The van der Waals surface area contributed by atoms with Crippen LogP contribution in [-0.4, -0.2) is 89.5 Å². The Morgan fingerprint density at radius 1 is 1.00 bits per heavy atom. The average Bonchev–Trinajstić information content (AvgIpc) is 2.74. The summed E-state index contributed by atoms with van der Waals surface area (Å²) >= 11 is 0. The van der Waals surface area contributed by atoms with Crippen LogP contribution in [0.1, 0.15) is 34.1 Å². The van der Waals surface area contributed by atoms with Crippen LogP contribution in [0.4, 0.5) is 0 Å². The predicted octanol–water partition coefficient (Wildman–Crippen LogP) is -3.55. The number of dihydropyridines is 1. The first-order valence-electron chi connectivity index (χ1n) is 9.73. The van der Waals surface area contributed by atoms with E-state index in [0.717, 1.165) is 6.92 Å². The van der Waals surface area contributed by atoms with Gasteiger partial charge in [-0.1, -0.05) is 6.08 Å². The first kappa shape index (κ1) is 26.4. The summed E-state index contributed by atoms with van der Waals surface area (Å²) in [6.45, 7) is 2.59. The molecule has 0 aromatic heterocycles. The second-order valence-electron chi connectivity index (χ2n) is 7.99. The Hall–Kier alpha value is -2.81. The SMILES string of the molecule is CC(=O)C(O)[C@H]1O[C@@](O)(NC(=O)C2=CNC=CC2)[C@@](O)(C(C)=O)[C@](O)(C(C)=O)[C@@]1(O)C(C)=O. The summed E-state index contributed by atoms with van der Waals surface area (Å²) in [5.74, 6) is -10.7. The van der Waals surface area contributed by atoms with Gasteiger partial charge in [-0.3, -0.25) is 29.3 Å². The van der Waals surface area contributed by atoms with Gasteiger partial charge in [-0.2, -0.15) is 0 Å². The number of Topliss-reactive ketones (excluding diaryl/α,β-unsaturated/α-hetero) is 4. The van der Waals surface area contributed by atoms with Crippen LogP contribution in [0, 0.1) is 0 Å². The van der Waals surface area contributed by atoms with Crippen molar-refractivity contribution in [1.82, 2.24) is 10.6 Å². The molecule has 13 heteroatoms. The predicted molar refractivity (Wildman–Crippen MR) is 107 cm³/mol. The normalized spacial score (nSPS) is 36.8. The number of hydrogen-bond acceptors (Lipinski definition) is 12. The molecule has 0 aliphatic carbocycles. The monoisotopic (exact) mass is 470 g/mol. The van der Waals surface area contributed by atoms with Crippen LogP contribution in [0.15, 0.2) is 24.0 Å². The van der Waals surface area contributed by atoms with Gasteiger partial charge in [0.05, 0.1) is 0 Å². The number of aliphatic hydroxyl groups excluding tert-OH is 1. The van der Waals surface area contributed by atoms with Crippen molar-refractivity contribution in [2.24, 2.45) is 0 Å². The molecule has 1 unspecified atom stereocenters. The number of aliphatic hydroxyl groups is 5. The van der Waals surface area contributed by atoms with E-state index in [1.54, 1.807) is 5.32 Å². The highest BCUT2D eigenvalue weighted by Gasteiger charge is 2.84. The van der Waals surface area contributed by atoms with Crippen molar-refractivity contribution in [3.63, 3.8) is 0 Å². The average molecular weight is 470 g/mol. The quantitative estimate of drug-likeness (QED) is 0.180. The van der Waals surface area contributed by atoms with Gasteiger partial charge < -0.3 is 35.6 Å². The van der Waals surface area contributed by atoms with Crippen LogP contribution in [0.2, 0.25) is 0 Å². The Kier molecular flexibility index (Phi) is 6.82. The van der Waals surface area contributed by atoms with E-state index in [1.165, 1.54) is 18.5 Å². The molecule has 0 spiro atoms. The van der Waals surface area contributed by atoms with Crippen LogP contribution >= 0.6 is 0 Å². The van der Waals surface area contributed by atoms with Crippen LogP contribution in [-0.2, 0) is 28.7 Å². The molecule has 182 valence electrons. The zero-order valence-electron chi connectivity index (χ0n) is 18.3. The summed E-state index contributed by atoms with van der Waals surface area (Å²) in [5.41, 5.74) is -11.5. The molecule has 0 aromatic carbocycles. The lowest BCUT2D eigenvalue weighted by molar-refractivity contribution is -0.417. The minimum Gasteiger partial charge on any atom is -0.382 e. The highest BCUT2D eigenvalue weighted by molar-refractivity contribution is 6.06. The van der Waals surface area contributed by atoms with Gasteiger partial charge >= 0.3 is 0 Å². The number of rotatable bonds is 7. The van der Waals surface area contributed by atoms with Crippen molar-refractivity contribution in [2.45, 2.75) is 69.0 Å². The molecule has 13 nitrogen and oxygen atoms in total. The van der Waals surface area contributed by atoms with Crippen LogP contribution < -0.4 is 10.6 Å². The summed E-state index contributed by atoms with van der Waals surface area (Å²) in [6, 6.07) is 0. The Bertz CT molecular complexity index is 975. The summed E-state index contributed by atoms with van der Waals surface area (Å²) < 4.78 is 5.09. The molecule has 2 aliphatic heterocycles. The number of hydrogen-bond donors (Lipinski definition) is 7. The molecule has 33 heavy (non-hydrogen) atoms. The third-order valence-electron chi connectivity index (χ3n) is 5.92. The van der Waals surface area contributed by atoms with E-state index in [0.29, 0.717) is 20.8 Å². The van der Waals surface area contributed by atoms with Crippen molar-refractivity contribution in [3.05, 3.63) is 24.0 Å².